The normalized spacial score (nSPS) is 12.0. The Bertz CT molecular complexity index is 51.9. The van der Waals surface area contributed by atoms with Crippen LogP contribution in [0.15, 0.2) is 0 Å². The zero-order chi connectivity index (χ0) is 6.62. The average Bonchev–Trinajstić information content (AvgIpc) is 1.59. The third-order valence-corrected chi connectivity index (χ3v) is 6.57. The summed E-state index contributed by atoms with van der Waals surface area (Å²) in [5, 5.41) is 0. The summed E-state index contributed by atoms with van der Waals surface area (Å²) in [6, 6.07) is 0. The van der Waals surface area contributed by atoms with Crippen LogP contribution >= 0.6 is 0 Å². The van der Waals surface area contributed by atoms with Crippen LogP contribution in [-0.4, -0.2) is 18.4 Å². The van der Waals surface area contributed by atoms with Crippen molar-refractivity contribution in [2.45, 2.75) is 39.0 Å². The summed E-state index contributed by atoms with van der Waals surface area (Å²) in [4.78, 5) is 7.51. The summed E-state index contributed by atoms with van der Waals surface area (Å²) in [7, 11) is 0. The van der Waals surface area contributed by atoms with E-state index in [1.807, 2.05) is 0 Å². The molecule has 0 heterocycles. The Kier molecular flexibility index (Phi) is 4.13. The van der Waals surface area contributed by atoms with E-state index in [0.29, 0.717) is 0 Å². The minimum atomic E-state index is -1.31. The molecule has 0 aromatic rings. The topological polar surface area (TPSA) is 0 Å². The Morgan fingerprint density at radius 3 is 1.75 bits per heavy atom. The first-order chi connectivity index (χ1) is 3.56. The first-order valence-corrected chi connectivity index (χ1v) is 14.1. The van der Waals surface area contributed by atoms with Crippen molar-refractivity contribution in [2.75, 3.05) is 0 Å². The predicted molar refractivity (Wildman–Crippen MR) is 43.1 cm³/mol. The number of rotatable bonds is 3. The Labute approximate surface area is 57.5 Å². The fourth-order valence-electron chi connectivity index (χ4n) is 0.707. The van der Waals surface area contributed by atoms with Crippen LogP contribution in [0.25, 0.3) is 0 Å². The van der Waals surface area contributed by atoms with Gasteiger partial charge in [-0.1, -0.05) is 0 Å². The molecule has 0 aliphatic rings. The second-order valence-electron chi connectivity index (χ2n) is 3.66. The molecule has 0 saturated heterocycles. The standard InChI is InChI=1S/C4H9.3CH3.Sn/c1-3-4-2;;;;/h1,3-4H2,2H3;3*1H3;. The second-order valence-corrected chi connectivity index (χ2v) is 19.7. The molecule has 0 aromatic carbocycles. The van der Waals surface area contributed by atoms with E-state index in [1.54, 1.807) is 4.44 Å². The van der Waals surface area contributed by atoms with Crippen molar-refractivity contribution in [1.29, 1.82) is 0 Å². The molecule has 0 fully saturated rings. The van der Waals surface area contributed by atoms with Gasteiger partial charge in [0.1, 0.15) is 0 Å². The molecule has 0 unspecified atom stereocenters. The van der Waals surface area contributed by atoms with E-state index >= 15 is 0 Å². The van der Waals surface area contributed by atoms with Crippen LogP contribution in [-0.2, 0) is 0 Å². The van der Waals surface area contributed by atoms with E-state index in [1.165, 1.54) is 12.8 Å². The van der Waals surface area contributed by atoms with Crippen molar-refractivity contribution in [2.24, 2.45) is 0 Å². The Morgan fingerprint density at radius 1 is 1.12 bits per heavy atom. The third-order valence-electron chi connectivity index (χ3n) is 1.28. The van der Waals surface area contributed by atoms with Crippen molar-refractivity contribution < 1.29 is 0 Å². The minimum absolute atomic E-state index is 1.31. The summed E-state index contributed by atoms with van der Waals surface area (Å²) in [5.41, 5.74) is 0. The first-order valence-electron chi connectivity index (χ1n) is 3.56. The molecule has 50 valence electrons. The first kappa shape index (κ1) is 8.80. The maximum atomic E-state index is 2.50. The van der Waals surface area contributed by atoms with E-state index in [9.17, 15) is 0 Å². The molecular weight excluding hydrogens is 203 g/mol. The average molecular weight is 221 g/mol. The molecule has 0 saturated carbocycles. The summed E-state index contributed by atoms with van der Waals surface area (Å²) in [6.07, 6.45) is 2.85. The molecule has 8 heavy (non-hydrogen) atoms. The Hall–Kier alpha value is 0.799. The van der Waals surface area contributed by atoms with E-state index in [4.69, 9.17) is 0 Å². The van der Waals surface area contributed by atoms with Crippen molar-refractivity contribution in [1.82, 2.24) is 0 Å². The van der Waals surface area contributed by atoms with E-state index < -0.39 is 18.4 Å². The van der Waals surface area contributed by atoms with Gasteiger partial charge in [0.05, 0.1) is 0 Å². The number of hydrogen-bond donors (Lipinski definition) is 0. The molecule has 0 radical (unpaired) electrons. The van der Waals surface area contributed by atoms with Gasteiger partial charge in [-0.05, 0) is 0 Å². The molecule has 0 bridgehead atoms. The van der Waals surface area contributed by atoms with Crippen LogP contribution in [0.1, 0.15) is 19.8 Å². The van der Waals surface area contributed by atoms with Gasteiger partial charge in [-0.15, -0.1) is 0 Å². The van der Waals surface area contributed by atoms with Gasteiger partial charge >= 0.3 is 57.4 Å². The van der Waals surface area contributed by atoms with Gasteiger partial charge in [0.25, 0.3) is 0 Å². The van der Waals surface area contributed by atoms with Crippen molar-refractivity contribution in [3.63, 3.8) is 0 Å². The molecular formula is C7H18Sn. The number of unbranched alkanes of at least 4 members (excludes halogenated alkanes) is 1. The van der Waals surface area contributed by atoms with Crippen LogP contribution < -0.4 is 0 Å². The molecule has 0 atom stereocenters. The fourth-order valence-corrected chi connectivity index (χ4v) is 4.74. The predicted octanol–water partition coefficient (Wildman–Crippen LogP) is 3.12. The zero-order valence-electron chi connectivity index (χ0n) is 6.62. The molecule has 0 rings (SSSR count). The van der Waals surface area contributed by atoms with E-state index in [2.05, 4.69) is 21.7 Å². The van der Waals surface area contributed by atoms with E-state index in [0.717, 1.165) is 0 Å². The molecule has 0 aliphatic heterocycles. The Balaban J connectivity index is 3.11. The number of hydrogen-bond acceptors (Lipinski definition) is 0. The third kappa shape index (κ3) is 6.80. The van der Waals surface area contributed by atoms with E-state index in [-0.39, 0.29) is 0 Å². The van der Waals surface area contributed by atoms with Crippen molar-refractivity contribution >= 4 is 18.4 Å². The monoisotopic (exact) mass is 222 g/mol. The summed E-state index contributed by atoms with van der Waals surface area (Å²) in [5.74, 6) is 0. The van der Waals surface area contributed by atoms with Crippen molar-refractivity contribution in [3.8, 4) is 0 Å². The van der Waals surface area contributed by atoms with Gasteiger partial charge in [0.2, 0.25) is 0 Å². The van der Waals surface area contributed by atoms with Gasteiger partial charge in [0.15, 0.2) is 0 Å². The van der Waals surface area contributed by atoms with Gasteiger partial charge < -0.3 is 0 Å². The molecule has 0 aliphatic carbocycles. The van der Waals surface area contributed by atoms with Gasteiger partial charge in [-0.2, -0.15) is 0 Å². The SMILES string of the molecule is CCC[CH2][Sn]([CH3])([CH3])[CH3]. The molecule has 0 N–H and O–H groups in total. The molecule has 0 aromatic heterocycles. The van der Waals surface area contributed by atoms with Crippen LogP contribution in [0.2, 0.25) is 19.3 Å². The molecule has 1 heteroatoms. The second kappa shape index (κ2) is 3.75. The van der Waals surface area contributed by atoms with Gasteiger partial charge in [0, 0.05) is 0 Å². The van der Waals surface area contributed by atoms with Crippen LogP contribution in [0, 0.1) is 0 Å². The maximum absolute atomic E-state index is 2.50. The fraction of sp³-hybridized carbons (Fsp3) is 1.00. The molecule has 0 spiro atoms. The summed E-state index contributed by atoms with van der Waals surface area (Å²) in [6.45, 7) is 2.28. The van der Waals surface area contributed by atoms with Crippen LogP contribution in [0.5, 0.6) is 0 Å². The van der Waals surface area contributed by atoms with Crippen LogP contribution in [0.3, 0.4) is 0 Å². The van der Waals surface area contributed by atoms with Crippen LogP contribution in [0.4, 0.5) is 0 Å². The van der Waals surface area contributed by atoms with Crippen molar-refractivity contribution in [3.05, 3.63) is 0 Å². The summed E-state index contributed by atoms with van der Waals surface area (Å²) < 4.78 is 1.57. The molecule has 0 nitrogen and oxygen atoms in total. The quantitative estimate of drug-likeness (QED) is 0.642. The summed E-state index contributed by atoms with van der Waals surface area (Å²) >= 11 is -1.31. The molecule has 0 amide bonds. The van der Waals surface area contributed by atoms with Gasteiger partial charge in [-0.25, -0.2) is 0 Å². The zero-order valence-corrected chi connectivity index (χ0v) is 9.48. The van der Waals surface area contributed by atoms with Gasteiger partial charge in [-0.3, -0.25) is 0 Å². The Morgan fingerprint density at radius 2 is 1.62 bits per heavy atom.